The van der Waals surface area contributed by atoms with Crippen LogP contribution in [0.3, 0.4) is 0 Å². The van der Waals surface area contributed by atoms with Gasteiger partial charge in [-0.25, -0.2) is 0 Å². The number of carbonyl (C=O) groups is 2. The second kappa shape index (κ2) is 6.01. The van der Waals surface area contributed by atoms with Crippen LogP contribution in [0.15, 0.2) is 34.9 Å². The molecular weight excluding hydrogens is 258 g/mol. The Balaban J connectivity index is 1.85. The topological polar surface area (TPSA) is 84.2 Å². The molecule has 104 valence electrons. The standard InChI is InChI=1S/C14H15N3O3/c1-9-7-13(17-20-9)16-14(19)8-15-12-5-3-11(4-6-12)10(2)18/h3-7,15H,8H2,1-2H3,(H,16,17,19). The maximum atomic E-state index is 11.7. The first-order chi connectivity index (χ1) is 9.54. The number of rotatable bonds is 5. The van der Waals surface area contributed by atoms with E-state index < -0.39 is 0 Å². The fourth-order valence-electron chi connectivity index (χ4n) is 1.62. The summed E-state index contributed by atoms with van der Waals surface area (Å²) in [5.74, 6) is 0.805. The Hall–Kier alpha value is -2.63. The summed E-state index contributed by atoms with van der Waals surface area (Å²) >= 11 is 0. The highest BCUT2D eigenvalue weighted by Gasteiger charge is 2.06. The van der Waals surface area contributed by atoms with E-state index in [1.165, 1.54) is 6.92 Å². The zero-order valence-corrected chi connectivity index (χ0v) is 11.3. The van der Waals surface area contributed by atoms with Crippen molar-refractivity contribution >= 4 is 23.2 Å². The van der Waals surface area contributed by atoms with Crippen molar-refractivity contribution in [2.45, 2.75) is 13.8 Å². The second-order valence-electron chi connectivity index (χ2n) is 4.36. The summed E-state index contributed by atoms with van der Waals surface area (Å²) in [6.45, 7) is 3.36. The van der Waals surface area contributed by atoms with Crippen LogP contribution in [-0.4, -0.2) is 23.4 Å². The van der Waals surface area contributed by atoms with Crippen molar-refractivity contribution in [2.75, 3.05) is 17.2 Å². The van der Waals surface area contributed by atoms with Crippen LogP contribution in [0.2, 0.25) is 0 Å². The van der Waals surface area contributed by atoms with Gasteiger partial charge in [-0.2, -0.15) is 0 Å². The summed E-state index contributed by atoms with van der Waals surface area (Å²) in [5, 5.41) is 9.23. The number of carbonyl (C=O) groups excluding carboxylic acids is 2. The van der Waals surface area contributed by atoms with Crippen LogP contribution in [0, 0.1) is 6.92 Å². The van der Waals surface area contributed by atoms with Crippen LogP contribution in [0.1, 0.15) is 23.0 Å². The number of nitrogens with one attached hydrogen (secondary N) is 2. The van der Waals surface area contributed by atoms with Crippen LogP contribution in [0.25, 0.3) is 0 Å². The maximum Gasteiger partial charge on any atom is 0.244 e. The Morgan fingerprint density at radius 1 is 1.25 bits per heavy atom. The lowest BCUT2D eigenvalue weighted by Gasteiger charge is -2.06. The quantitative estimate of drug-likeness (QED) is 0.816. The van der Waals surface area contributed by atoms with Gasteiger partial charge in [-0.15, -0.1) is 0 Å². The summed E-state index contributed by atoms with van der Waals surface area (Å²) in [6.07, 6.45) is 0. The third kappa shape index (κ3) is 3.68. The highest BCUT2D eigenvalue weighted by Crippen LogP contribution is 2.10. The van der Waals surface area contributed by atoms with E-state index in [2.05, 4.69) is 15.8 Å². The number of ketones is 1. The van der Waals surface area contributed by atoms with E-state index in [4.69, 9.17) is 4.52 Å². The Bertz CT molecular complexity index is 617. The Kier molecular flexibility index (Phi) is 4.14. The molecule has 0 spiro atoms. The van der Waals surface area contributed by atoms with E-state index in [0.29, 0.717) is 17.1 Å². The summed E-state index contributed by atoms with van der Waals surface area (Å²) < 4.78 is 4.85. The van der Waals surface area contributed by atoms with Crippen LogP contribution in [0.4, 0.5) is 11.5 Å². The highest BCUT2D eigenvalue weighted by molar-refractivity contribution is 5.95. The van der Waals surface area contributed by atoms with Crippen molar-refractivity contribution in [3.8, 4) is 0 Å². The molecule has 1 aromatic carbocycles. The van der Waals surface area contributed by atoms with Crippen molar-refractivity contribution in [2.24, 2.45) is 0 Å². The average molecular weight is 273 g/mol. The van der Waals surface area contributed by atoms with Crippen molar-refractivity contribution < 1.29 is 14.1 Å². The molecule has 6 nitrogen and oxygen atoms in total. The SMILES string of the molecule is CC(=O)c1ccc(NCC(=O)Nc2cc(C)on2)cc1. The molecule has 1 heterocycles. The van der Waals surface area contributed by atoms with Gasteiger partial charge in [-0.3, -0.25) is 9.59 Å². The fraction of sp³-hybridized carbons (Fsp3) is 0.214. The molecule has 6 heteroatoms. The molecule has 0 saturated carbocycles. The number of Topliss-reactive ketones (excluding diaryl/α,β-unsaturated/α-hetero) is 1. The Labute approximate surface area is 116 Å². The van der Waals surface area contributed by atoms with Crippen molar-refractivity contribution in [1.82, 2.24) is 5.16 Å². The van der Waals surface area contributed by atoms with E-state index in [0.717, 1.165) is 5.69 Å². The number of hydrogen-bond acceptors (Lipinski definition) is 5. The van der Waals surface area contributed by atoms with E-state index in [-0.39, 0.29) is 18.2 Å². The molecular formula is C14H15N3O3. The first-order valence-corrected chi connectivity index (χ1v) is 6.12. The van der Waals surface area contributed by atoms with Gasteiger partial charge in [0.2, 0.25) is 5.91 Å². The number of aryl methyl sites for hydroxylation is 1. The molecule has 2 aromatic rings. The van der Waals surface area contributed by atoms with Gasteiger partial charge >= 0.3 is 0 Å². The minimum absolute atomic E-state index is 0.00990. The van der Waals surface area contributed by atoms with Gasteiger partial charge in [-0.05, 0) is 38.1 Å². The third-order valence-corrected chi connectivity index (χ3v) is 2.64. The van der Waals surface area contributed by atoms with Gasteiger partial charge in [-0.1, -0.05) is 5.16 Å². The molecule has 0 bridgehead atoms. The lowest BCUT2D eigenvalue weighted by molar-refractivity contribution is -0.114. The minimum atomic E-state index is -0.228. The summed E-state index contributed by atoms with van der Waals surface area (Å²) in [4.78, 5) is 22.8. The molecule has 0 unspecified atom stereocenters. The van der Waals surface area contributed by atoms with E-state index in [9.17, 15) is 9.59 Å². The second-order valence-corrected chi connectivity index (χ2v) is 4.36. The number of hydrogen-bond donors (Lipinski definition) is 2. The van der Waals surface area contributed by atoms with Crippen molar-refractivity contribution in [1.29, 1.82) is 0 Å². The van der Waals surface area contributed by atoms with Gasteiger partial charge < -0.3 is 15.2 Å². The molecule has 20 heavy (non-hydrogen) atoms. The first-order valence-electron chi connectivity index (χ1n) is 6.12. The molecule has 0 saturated heterocycles. The minimum Gasteiger partial charge on any atom is -0.376 e. The number of amides is 1. The zero-order chi connectivity index (χ0) is 14.5. The highest BCUT2D eigenvalue weighted by atomic mass is 16.5. The molecule has 0 fully saturated rings. The van der Waals surface area contributed by atoms with Crippen molar-refractivity contribution in [3.63, 3.8) is 0 Å². The molecule has 1 aromatic heterocycles. The van der Waals surface area contributed by atoms with Crippen LogP contribution in [-0.2, 0) is 4.79 Å². The predicted molar refractivity (Wildman–Crippen MR) is 74.8 cm³/mol. The molecule has 0 atom stereocenters. The number of nitrogens with zero attached hydrogens (tertiary/aromatic N) is 1. The molecule has 2 rings (SSSR count). The van der Waals surface area contributed by atoms with Gasteiger partial charge in [0.15, 0.2) is 11.6 Å². The lowest BCUT2D eigenvalue weighted by atomic mass is 10.1. The van der Waals surface area contributed by atoms with E-state index >= 15 is 0 Å². The summed E-state index contributed by atoms with van der Waals surface area (Å²) in [5.41, 5.74) is 1.40. The normalized spacial score (nSPS) is 10.1. The number of benzene rings is 1. The number of anilines is 2. The molecule has 0 aliphatic rings. The third-order valence-electron chi connectivity index (χ3n) is 2.64. The van der Waals surface area contributed by atoms with Crippen LogP contribution in [0.5, 0.6) is 0 Å². The van der Waals surface area contributed by atoms with Crippen LogP contribution >= 0.6 is 0 Å². The predicted octanol–water partition coefficient (Wildman–Crippen LogP) is 2.24. The molecule has 1 amide bonds. The summed E-state index contributed by atoms with van der Waals surface area (Å²) in [6, 6.07) is 8.57. The van der Waals surface area contributed by atoms with Crippen LogP contribution < -0.4 is 10.6 Å². The molecule has 0 radical (unpaired) electrons. The van der Waals surface area contributed by atoms with Gasteiger partial charge in [0, 0.05) is 17.3 Å². The van der Waals surface area contributed by atoms with Gasteiger partial charge in [0.25, 0.3) is 0 Å². The average Bonchev–Trinajstić information content (AvgIpc) is 2.82. The monoisotopic (exact) mass is 273 g/mol. The first kappa shape index (κ1) is 13.8. The molecule has 0 aliphatic heterocycles. The molecule has 0 aliphatic carbocycles. The van der Waals surface area contributed by atoms with Gasteiger partial charge in [0.05, 0.1) is 6.54 Å². The molecule has 2 N–H and O–H groups in total. The van der Waals surface area contributed by atoms with E-state index in [1.807, 2.05) is 0 Å². The number of aromatic nitrogens is 1. The zero-order valence-electron chi connectivity index (χ0n) is 11.3. The Morgan fingerprint density at radius 3 is 2.50 bits per heavy atom. The fourth-order valence-corrected chi connectivity index (χ4v) is 1.62. The van der Waals surface area contributed by atoms with Crippen molar-refractivity contribution in [3.05, 3.63) is 41.7 Å². The maximum absolute atomic E-state index is 11.7. The largest absolute Gasteiger partial charge is 0.376 e. The smallest absolute Gasteiger partial charge is 0.244 e. The lowest BCUT2D eigenvalue weighted by Crippen LogP contribution is -2.21. The summed E-state index contributed by atoms with van der Waals surface area (Å²) in [7, 11) is 0. The Morgan fingerprint density at radius 2 is 1.95 bits per heavy atom. The van der Waals surface area contributed by atoms with E-state index in [1.54, 1.807) is 37.3 Å². The van der Waals surface area contributed by atoms with Gasteiger partial charge in [0.1, 0.15) is 5.76 Å².